The zero-order valence-electron chi connectivity index (χ0n) is 16.7. The van der Waals surface area contributed by atoms with Crippen molar-refractivity contribution < 1.29 is 4.79 Å². The van der Waals surface area contributed by atoms with Gasteiger partial charge in [0.1, 0.15) is 5.82 Å². The molecule has 0 unspecified atom stereocenters. The van der Waals surface area contributed by atoms with E-state index in [1.165, 1.54) is 15.5 Å². The molecule has 30 heavy (non-hydrogen) atoms. The number of hydrogen-bond donors (Lipinski definition) is 2. The van der Waals surface area contributed by atoms with E-state index in [0.29, 0.717) is 6.42 Å². The summed E-state index contributed by atoms with van der Waals surface area (Å²) >= 11 is 0. The maximum Gasteiger partial charge on any atom is 0.330 e. The summed E-state index contributed by atoms with van der Waals surface area (Å²) in [6.07, 6.45) is 3.69. The second-order valence-electron chi connectivity index (χ2n) is 6.80. The number of hydrogen-bond acceptors (Lipinski definition) is 4. The molecule has 154 valence electrons. The van der Waals surface area contributed by atoms with Gasteiger partial charge in [0.2, 0.25) is 0 Å². The molecule has 1 aromatic heterocycles. The van der Waals surface area contributed by atoms with Crippen molar-refractivity contribution in [2.24, 2.45) is 0 Å². The third-order valence-electron chi connectivity index (χ3n) is 4.60. The van der Waals surface area contributed by atoms with Crippen molar-refractivity contribution in [3.05, 3.63) is 98.7 Å². The highest BCUT2D eigenvalue weighted by Gasteiger charge is 2.22. The fourth-order valence-corrected chi connectivity index (χ4v) is 3.14. The Bertz CT molecular complexity index is 1150. The molecule has 0 atom stereocenters. The molecule has 1 heterocycles. The molecule has 7 heteroatoms. The Balaban J connectivity index is 2.00. The quantitative estimate of drug-likeness (QED) is 0.591. The predicted molar refractivity (Wildman–Crippen MR) is 119 cm³/mol. The topological polar surface area (TPSA) is 101 Å². The number of aromatic nitrogens is 2. The Morgan fingerprint density at radius 2 is 1.70 bits per heavy atom. The Labute approximate surface area is 174 Å². The zero-order chi connectivity index (χ0) is 21.5. The smallest absolute Gasteiger partial charge is 0.330 e. The molecular weight excluding hydrogens is 380 g/mol. The zero-order valence-corrected chi connectivity index (χ0v) is 16.7. The van der Waals surface area contributed by atoms with Gasteiger partial charge in [-0.3, -0.25) is 19.1 Å². The minimum atomic E-state index is -0.684. The van der Waals surface area contributed by atoms with E-state index >= 15 is 0 Å². The van der Waals surface area contributed by atoms with Crippen molar-refractivity contribution in [1.82, 2.24) is 9.55 Å². The Kier molecular flexibility index (Phi) is 6.64. The van der Waals surface area contributed by atoms with Gasteiger partial charge in [-0.2, -0.15) is 0 Å². The van der Waals surface area contributed by atoms with Crippen molar-refractivity contribution in [2.45, 2.75) is 19.9 Å². The summed E-state index contributed by atoms with van der Waals surface area (Å²) in [5.74, 6) is -0.426. The second-order valence-corrected chi connectivity index (χ2v) is 6.80. The fraction of sp³-hybridized carbons (Fsp3) is 0.174. The second kappa shape index (κ2) is 9.56. The van der Waals surface area contributed by atoms with Gasteiger partial charge in [-0.25, -0.2) is 4.79 Å². The number of benzene rings is 2. The van der Waals surface area contributed by atoms with Crippen LogP contribution >= 0.6 is 0 Å². The van der Waals surface area contributed by atoms with Crippen LogP contribution in [0.5, 0.6) is 0 Å². The van der Waals surface area contributed by atoms with E-state index in [9.17, 15) is 14.4 Å². The SMILES string of the molecule is CCCN(C(=O)/C=C/c1ccccc1)c1c(N)n(Cc2ccccc2)c(=O)[nH]c1=O. The maximum absolute atomic E-state index is 12.9. The summed E-state index contributed by atoms with van der Waals surface area (Å²) in [5, 5.41) is 0. The van der Waals surface area contributed by atoms with Crippen LogP contribution in [0.1, 0.15) is 24.5 Å². The first-order chi connectivity index (χ1) is 14.5. The highest BCUT2D eigenvalue weighted by Crippen LogP contribution is 2.19. The van der Waals surface area contributed by atoms with Crippen LogP contribution in [0.4, 0.5) is 11.5 Å². The number of carbonyl (C=O) groups is 1. The van der Waals surface area contributed by atoms with Crippen LogP contribution in [0.3, 0.4) is 0 Å². The number of anilines is 2. The summed E-state index contributed by atoms with van der Waals surface area (Å²) in [4.78, 5) is 41.5. The van der Waals surface area contributed by atoms with Gasteiger partial charge in [-0.1, -0.05) is 67.6 Å². The average Bonchev–Trinajstić information content (AvgIpc) is 2.75. The van der Waals surface area contributed by atoms with E-state index in [1.54, 1.807) is 6.08 Å². The van der Waals surface area contributed by atoms with Crippen molar-refractivity contribution in [3.8, 4) is 0 Å². The molecule has 0 spiro atoms. The number of H-pyrrole nitrogens is 1. The van der Waals surface area contributed by atoms with E-state index in [0.717, 1.165) is 11.1 Å². The Hall–Kier alpha value is -3.87. The molecule has 3 aromatic rings. The standard InChI is InChI=1S/C23H24N4O3/c1-2-15-26(19(28)14-13-17-9-5-3-6-10-17)20-21(24)27(23(30)25-22(20)29)16-18-11-7-4-8-12-18/h3-14H,2,15-16,24H2,1H3,(H,25,29,30)/b14-13+. The first-order valence-electron chi connectivity index (χ1n) is 9.72. The van der Waals surface area contributed by atoms with Crippen LogP contribution in [0.2, 0.25) is 0 Å². The van der Waals surface area contributed by atoms with Crippen LogP contribution in [0, 0.1) is 0 Å². The maximum atomic E-state index is 12.9. The average molecular weight is 404 g/mol. The summed E-state index contributed by atoms with van der Waals surface area (Å²) in [6.45, 7) is 2.36. The lowest BCUT2D eigenvalue weighted by Gasteiger charge is -2.23. The molecule has 0 aliphatic rings. The third-order valence-corrected chi connectivity index (χ3v) is 4.60. The molecule has 7 nitrogen and oxygen atoms in total. The van der Waals surface area contributed by atoms with Gasteiger partial charge in [0.15, 0.2) is 5.69 Å². The highest BCUT2D eigenvalue weighted by molar-refractivity contribution is 6.05. The number of nitrogens with one attached hydrogen (secondary N) is 1. The fourth-order valence-electron chi connectivity index (χ4n) is 3.14. The van der Waals surface area contributed by atoms with Gasteiger partial charge < -0.3 is 10.6 Å². The van der Waals surface area contributed by atoms with Crippen LogP contribution in [0.15, 0.2) is 76.3 Å². The first-order valence-corrected chi connectivity index (χ1v) is 9.72. The monoisotopic (exact) mass is 404 g/mol. The molecule has 0 bridgehead atoms. The first kappa shape index (κ1) is 20.9. The number of amides is 1. The van der Waals surface area contributed by atoms with Crippen LogP contribution in [0.25, 0.3) is 6.08 Å². The Morgan fingerprint density at radius 1 is 1.07 bits per heavy atom. The third kappa shape index (κ3) is 4.75. The van der Waals surface area contributed by atoms with Crippen molar-refractivity contribution in [3.63, 3.8) is 0 Å². The van der Waals surface area contributed by atoms with Gasteiger partial charge in [0.25, 0.3) is 11.5 Å². The van der Waals surface area contributed by atoms with Crippen molar-refractivity contribution in [1.29, 1.82) is 0 Å². The molecule has 0 saturated carbocycles. The molecule has 0 aliphatic heterocycles. The van der Waals surface area contributed by atoms with E-state index < -0.39 is 11.2 Å². The number of nitrogens with zero attached hydrogens (tertiary/aromatic N) is 2. The number of nitrogen functional groups attached to an aromatic ring is 1. The number of aromatic amines is 1. The summed E-state index contributed by atoms with van der Waals surface area (Å²) < 4.78 is 1.27. The molecule has 1 amide bonds. The summed E-state index contributed by atoms with van der Waals surface area (Å²) in [5.41, 5.74) is 6.62. The number of carbonyl (C=O) groups excluding carboxylic acids is 1. The van der Waals surface area contributed by atoms with Crippen LogP contribution in [-0.2, 0) is 11.3 Å². The molecule has 0 aliphatic carbocycles. The minimum absolute atomic E-state index is 0.0184. The molecule has 2 aromatic carbocycles. The lowest BCUT2D eigenvalue weighted by molar-refractivity contribution is -0.114. The summed E-state index contributed by atoms with van der Waals surface area (Å²) in [6, 6.07) is 18.7. The predicted octanol–water partition coefficient (Wildman–Crippen LogP) is 2.62. The van der Waals surface area contributed by atoms with E-state index in [-0.39, 0.29) is 30.5 Å². The van der Waals surface area contributed by atoms with Crippen molar-refractivity contribution >= 4 is 23.5 Å². The van der Waals surface area contributed by atoms with Gasteiger partial charge >= 0.3 is 5.69 Å². The lowest BCUT2D eigenvalue weighted by Crippen LogP contribution is -2.41. The Morgan fingerprint density at radius 3 is 2.33 bits per heavy atom. The molecule has 3 rings (SSSR count). The van der Waals surface area contributed by atoms with Gasteiger partial charge in [-0.15, -0.1) is 0 Å². The summed E-state index contributed by atoms with van der Waals surface area (Å²) in [7, 11) is 0. The molecule has 3 N–H and O–H groups in total. The van der Waals surface area contributed by atoms with Gasteiger partial charge in [-0.05, 0) is 23.6 Å². The van der Waals surface area contributed by atoms with Gasteiger partial charge in [0.05, 0.1) is 6.54 Å². The molecule has 0 radical (unpaired) electrons. The number of rotatable bonds is 7. The minimum Gasteiger partial charge on any atom is -0.383 e. The largest absolute Gasteiger partial charge is 0.383 e. The molecular formula is C23H24N4O3. The highest BCUT2D eigenvalue weighted by atomic mass is 16.2. The molecule has 0 saturated heterocycles. The van der Waals surface area contributed by atoms with E-state index in [1.807, 2.05) is 67.6 Å². The van der Waals surface area contributed by atoms with Gasteiger partial charge in [0, 0.05) is 12.6 Å². The van der Waals surface area contributed by atoms with Crippen LogP contribution in [-0.4, -0.2) is 22.0 Å². The van der Waals surface area contributed by atoms with E-state index in [4.69, 9.17) is 5.73 Å². The molecule has 0 fully saturated rings. The van der Waals surface area contributed by atoms with Crippen molar-refractivity contribution in [2.75, 3.05) is 17.2 Å². The normalized spacial score (nSPS) is 11.0. The van der Waals surface area contributed by atoms with E-state index in [2.05, 4.69) is 4.98 Å². The van der Waals surface area contributed by atoms with Crippen LogP contribution < -0.4 is 21.9 Å². The lowest BCUT2D eigenvalue weighted by atomic mass is 10.2. The number of nitrogens with two attached hydrogens (primary N) is 1.